The molecule has 1 unspecified atom stereocenters. The first-order chi connectivity index (χ1) is 9.08. The van der Waals surface area contributed by atoms with Crippen LogP contribution in [0.25, 0.3) is 0 Å². The van der Waals surface area contributed by atoms with Crippen molar-refractivity contribution in [3.8, 4) is 0 Å². The summed E-state index contributed by atoms with van der Waals surface area (Å²) in [7, 11) is 0. The second-order valence-electron chi connectivity index (χ2n) is 4.42. The van der Waals surface area contributed by atoms with Gasteiger partial charge in [-0.15, -0.1) is 0 Å². The van der Waals surface area contributed by atoms with Crippen molar-refractivity contribution in [1.29, 1.82) is 0 Å². The van der Waals surface area contributed by atoms with Gasteiger partial charge in [-0.3, -0.25) is 9.59 Å². The molecule has 1 aromatic carbocycles. The lowest BCUT2D eigenvalue weighted by Crippen LogP contribution is -2.44. The van der Waals surface area contributed by atoms with Gasteiger partial charge in [0.1, 0.15) is 0 Å². The van der Waals surface area contributed by atoms with Gasteiger partial charge in [0.2, 0.25) is 0 Å². The van der Waals surface area contributed by atoms with Crippen LogP contribution in [-0.2, 0) is 9.53 Å². The average Bonchev–Trinajstić information content (AvgIpc) is 2.38. The molecule has 3 N–H and O–H groups in total. The molecule has 0 aliphatic carbocycles. The molecule has 0 bridgehead atoms. The van der Waals surface area contributed by atoms with Gasteiger partial charge in [0.15, 0.2) is 0 Å². The summed E-state index contributed by atoms with van der Waals surface area (Å²) in [6, 6.07) is 7.05. The van der Waals surface area contributed by atoms with Crippen molar-refractivity contribution in [3.05, 3.63) is 29.8 Å². The molecule has 102 valence electrons. The topological polar surface area (TPSA) is 92.9 Å². The first-order valence-corrected chi connectivity index (χ1v) is 6.05. The third kappa shape index (κ3) is 3.23. The Morgan fingerprint density at radius 1 is 1.42 bits per heavy atom. The number of primary amides is 1. The Hall–Kier alpha value is -2.08. The number of rotatable bonds is 4. The van der Waals surface area contributed by atoms with Crippen molar-refractivity contribution in [1.82, 2.24) is 0 Å². The summed E-state index contributed by atoms with van der Waals surface area (Å²) in [5.74, 6) is -1.38. The van der Waals surface area contributed by atoms with E-state index in [9.17, 15) is 9.59 Å². The first kappa shape index (κ1) is 13.4. The predicted molar refractivity (Wildman–Crippen MR) is 69.2 cm³/mol. The quantitative estimate of drug-likeness (QED) is 0.824. The number of carbonyl (C=O) groups excluding carboxylic acids is 1. The largest absolute Gasteiger partial charge is 0.481 e. The van der Waals surface area contributed by atoms with E-state index in [1.165, 1.54) is 0 Å². The Kier molecular flexibility index (Phi) is 4.01. The number of anilines is 1. The van der Waals surface area contributed by atoms with Crippen LogP contribution >= 0.6 is 0 Å². The van der Waals surface area contributed by atoms with Gasteiger partial charge in [-0.2, -0.15) is 0 Å². The van der Waals surface area contributed by atoms with Crippen LogP contribution in [0.4, 0.5) is 5.69 Å². The number of morpholine rings is 1. The maximum Gasteiger partial charge on any atom is 0.306 e. The Bertz CT molecular complexity index is 489. The number of amides is 1. The van der Waals surface area contributed by atoms with Crippen LogP contribution in [0, 0.1) is 0 Å². The molecule has 0 aromatic heterocycles. The number of benzene rings is 1. The second kappa shape index (κ2) is 5.71. The van der Waals surface area contributed by atoms with E-state index in [1.807, 2.05) is 17.0 Å². The molecule has 1 amide bonds. The van der Waals surface area contributed by atoms with Crippen molar-refractivity contribution in [2.24, 2.45) is 5.73 Å². The van der Waals surface area contributed by atoms with E-state index in [0.717, 1.165) is 5.69 Å². The highest BCUT2D eigenvalue weighted by atomic mass is 16.5. The van der Waals surface area contributed by atoms with Crippen LogP contribution in [-0.4, -0.2) is 42.8 Å². The number of ether oxygens (including phenoxy) is 1. The highest BCUT2D eigenvalue weighted by molar-refractivity contribution is 5.98. The standard InChI is InChI=1S/C13H16N2O4/c14-13(18)10-3-1-2-4-11(10)15-5-6-19-9(8-15)7-12(16)17/h1-4,9H,5-8H2,(H2,14,18)(H,16,17). The number of carbonyl (C=O) groups is 2. The van der Waals surface area contributed by atoms with E-state index in [2.05, 4.69) is 0 Å². The molecule has 1 saturated heterocycles. The normalized spacial score (nSPS) is 19.2. The summed E-state index contributed by atoms with van der Waals surface area (Å²) in [4.78, 5) is 24.0. The van der Waals surface area contributed by atoms with Crippen molar-refractivity contribution in [3.63, 3.8) is 0 Å². The van der Waals surface area contributed by atoms with E-state index < -0.39 is 11.9 Å². The van der Waals surface area contributed by atoms with Crippen molar-refractivity contribution >= 4 is 17.6 Å². The number of aliphatic carboxylic acids is 1. The number of nitrogens with zero attached hydrogens (tertiary/aromatic N) is 1. The lowest BCUT2D eigenvalue weighted by Gasteiger charge is -2.34. The van der Waals surface area contributed by atoms with Crippen molar-refractivity contribution in [2.75, 3.05) is 24.6 Å². The smallest absolute Gasteiger partial charge is 0.306 e. The van der Waals surface area contributed by atoms with Crippen molar-refractivity contribution < 1.29 is 19.4 Å². The summed E-state index contributed by atoms with van der Waals surface area (Å²) in [6.45, 7) is 1.49. The second-order valence-corrected chi connectivity index (χ2v) is 4.42. The van der Waals surface area contributed by atoms with E-state index in [4.69, 9.17) is 15.6 Å². The summed E-state index contributed by atoms with van der Waals surface area (Å²) in [6.07, 6.45) is -0.415. The fourth-order valence-corrected chi connectivity index (χ4v) is 2.21. The third-order valence-electron chi connectivity index (χ3n) is 3.05. The number of carboxylic acids is 1. The molecule has 1 aromatic rings. The summed E-state index contributed by atoms with van der Waals surface area (Å²) in [5.41, 5.74) is 6.52. The number of hydrogen-bond donors (Lipinski definition) is 2. The van der Waals surface area contributed by atoms with E-state index in [-0.39, 0.29) is 12.5 Å². The molecule has 6 nitrogen and oxygen atoms in total. The van der Waals surface area contributed by atoms with Crippen LogP contribution in [0.15, 0.2) is 24.3 Å². The molecular weight excluding hydrogens is 248 g/mol. The van der Waals surface area contributed by atoms with Gasteiger partial charge in [-0.05, 0) is 12.1 Å². The van der Waals surface area contributed by atoms with Gasteiger partial charge in [0.05, 0.1) is 24.7 Å². The van der Waals surface area contributed by atoms with E-state index >= 15 is 0 Å². The van der Waals surface area contributed by atoms with Gasteiger partial charge in [0, 0.05) is 18.8 Å². The summed E-state index contributed by atoms with van der Waals surface area (Å²) in [5, 5.41) is 8.79. The van der Waals surface area contributed by atoms with Crippen LogP contribution in [0.3, 0.4) is 0 Å². The zero-order valence-corrected chi connectivity index (χ0v) is 10.4. The lowest BCUT2D eigenvalue weighted by atomic mass is 10.1. The zero-order chi connectivity index (χ0) is 13.8. The number of carboxylic acid groups (broad SMARTS) is 1. The maximum atomic E-state index is 11.4. The van der Waals surface area contributed by atoms with Gasteiger partial charge in [0.25, 0.3) is 5.91 Å². The van der Waals surface area contributed by atoms with Crippen LogP contribution in [0.2, 0.25) is 0 Å². The van der Waals surface area contributed by atoms with Gasteiger partial charge in [-0.1, -0.05) is 12.1 Å². The predicted octanol–water partition coefficient (Wildman–Crippen LogP) is 0.465. The van der Waals surface area contributed by atoms with Crippen molar-refractivity contribution in [2.45, 2.75) is 12.5 Å². The molecule has 2 rings (SSSR count). The Morgan fingerprint density at radius 3 is 2.84 bits per heavy atom. The van der Waals surface area contributed by atoms with E-state index in [1.54, 1.807) is 12.1 Å². The van der Waals surface area contributed by atoms with Gasteiger partial charge < -0.3 is 20.5 Å². The van der Waals surface area contributed by atoms with Gasteiger partial charge >= 0.3 is 5.97 Å². The highest BCUT2D eigenvalue weighted by Crippen LogP contribution is 2.23. The first-order valence-electron chi connectivity index (χ1n) is 6.05. The minimum atomic E-state index is -0.893. The highest BCUT2D eigenvalue weighted by Gasteiger charge is 2.24. The minimum absolute atomic E-state index is 0.0464. The molecule has 1 aliphatic heterocycles. The molecule has 6 heteroatoms. The average molecular weight is 264 g/mol. The molecule has 19 heavy (non-hydrogen) atoms. The lowest BCUT2D eigenvalue weighted by molar-refractivity contribution is -0.140. The van der Waals surface area contributed by atoms with Crippen LogP contribution in [0.5, 0.6) is 0 Å². The third-order valence-corrected chi connectivity index (χ3v) is 3.05. The Balaban J connectivity index is 2.17. The number of hydrogen-bond acceptors (Lipinski definition) is 4. The SMILES string of the molecule is NC(=O)c1ccccc1N1CCOC(CC(=O)O)C1. The Morgan fingerprint density at radius 2 is 2.16 bits per heavy atom. The Labute approximate surface area is 110 Å². The molecule has 0 saturated carbocycles. The molecule has 0 spiro atoms. The summed E-state index contributed by atoms with van der Waals surface area (Å²) < 4.78 is 5.40. The zero-order valence-electron chi connectivity index (χ0n) is 10.4. The molecular formula is C13H16N2O4. The van der Waals surface area contributed by atoms with Crippen LogP contribution in [0.1, 0.15) is 16.8 Å². The monoisotopic (exact) mass is 264 g/mol. The molecule has 1 atom stereocenters. The molecule has 0 radical (unpaired) electrons. The minimum Gasteiger partial charge on any atom is -0.481 e. The number of para-hydroxylation sites is 1. The van der Waals surface area contributed by atoms with Gasteiger partial charge in [-0.25, -0.2) is 0 Å². The fraction of sp³-hybridized carbons (Fsp3) is 0.385. The molecule has 1 fully saturated rings. The van der Waals surface area contributed by atoms with E-state index in [0.29, 0.717) is 25.3 Å². The molecule has 1 aliphatic rings. The fourth-order valence-electron chi connectivity index (χ4n) is 2.21. The summed E-state index contributed by atoms with van der Waals surface area (Å²) >= 11 is 0. The number of nitrogens with two attached hydrogens (primary N) is 1. The maximum absolute atomic E-state index is 11.4. The van der Waals surface area contributed by atoms with Crippen LogP contribution < -0.4 is 10.6 Å². The molecule has 1 heterocycles.